The van der Waals surface area contributed by atoms with Crippen LogP contribution in [0.1, 0.15) is 16.7 Å². The molecule has 2 N–H and O–H groups in total. The molecule has 1 aromatic carbocycles. The second-order valence-electron chi connectivity index (χ2n) is 4.42. The minimum absolute atomic E-state index is 0.223. The SMILES string of the molecule is CN(Cc1ccoc1)Cc1cc(F)ccc1CN. The molecule has 1 aromatic heterocycles. The van der Waals surface area contributed by atoms with E-state index in [-0.39, 0.29) is 5.82 Å². The molecule has 4 heteroatoms. The number of nitrogens with two attached hydrogens (primary N) is 1. The van der Waals surface area contributed by atoms with Crippen LogP contribution in [-0.2, 0) is 19.6 Å². The normalized spacial score (nSPS) is 11.1. The molecule has 0 radical (unpaired) electrons. The largest absolute Gasteiger partial charge is 0.472 e. The number of furan rings is 1. The summed E-state index contributed by atoms with van der Waals surface area (Å²) in [4.78, 5) is 2.10. The van der Waals surface area contributed by atoms with E-state index < -0.39 is 0 Å². The zero-order valence-electron chi connectivity index (χ0n) is 10.4. The molecule has 0 aliphatic heterocycles. The minimum atomic E-state index is -0.223. The molecular formula is C14H17FN2O. The van der Waals surface area contributed by atoms with Gasteiger partial charge in [0, 0.05) is 25.2 Å². The van der Waals surface area contributed by atoms with Crippen LogP contribution in [0.25, 0.3) is 0 Å². The summed E-state index contributed by atoms with van der Waals surface area (Å²) in [6, 6.07) is 6.66. The van der Waals surface area contributed by atoms with Gasteiger partial charge in [0.05, 0.1) is 12.5 Å². The summed E-state index contributed by atoms with van der Waals surface area (Å²) in [6.07, 6.45) is 3.36. The third-order valence-electron chi connectivity index (χ3n) is 2.86. The van der Waals surface area contributed by atoms with Crippen molar-refractivity contribution in [1.29, 1.82) is 0 Å². The Kier molecular flexibility index (Phi) is 4.12. The highest BCUT2D eigenvalue weighted by Gasteiger charge is 2.07. The number of hydrogen-bond donors (Lipinski definition) is 1. The minimum Gasteiger partial charge on any atom is -0.472 e. The van der Waals surface area contributed by atoms with E-state index in [9.17, 15) is 4.39 Å². The van der Waals surface area contributed by atoms with Crippen LogP contribution < -0.4 is 5.73 Å². The van der Waals surface area contributed by atoms with Crippen LogP contribution in [0, 0.1) is 5.82 Å². The summed E-state index contributed by atoms with van der Waals surface area (Å²) >= 11 is 0. The van der Waals surface area contributed by atoms with Crippen molar-refractivity contribution in [2.75, 3.05) is 7.05 Å². The van der Waals surface area contributed by atoms with E-state index in [1.165, 1.54) is 6.07 Å². The Morgan fingerprint density at radius 3 is 2.72 bits per heavy atom. The van der Waals surface area contributed by atoms with E-state index in [2.05, 4.69) is 4.90 Å². The maximum absolute atomic E-state index is 13.2. The van der Waals surface area contributed by atoms with Crippen molar-refractivity contribution >= 4 is 0 Å². The van der Waals surface area contributed by atoms with Gasteiger partial charge in [-0.05, 0) is 36.4 Å². The molecule has 0 spiro atoms. The molecule has 1 heterocycles. The lowest BCUT2D eigenvalue weighted by molar-refractivity contribution is 0.316. The summed E-state index contributed by atoms with van der Waals surface area (Å²) in [5.41, 5.74) is 8.67. The van der Waals surface area contributed by atoms with Crippen molar-refractivity contribution in [2.45, 2.75) is 19.6 Å². The third-order valence-corrected chi connectivity index (χ3v) is 2.86. The second-order valence-corrected chi connectivity index (χ2v) is 4.42. The van der Waals surface area contributed by atoms with Gasteiger partial charge in [-0.15, -0.1) is 0 Å². The fraction of sp³-hybridized carbons (Fsp3) is 0.286. The van der Waals surface area contributed by atoms with E-state index in [0.717, 1.165) is 23.2 Å². The van der Waals surface area contributed by atoms with Crippen LogP contribution in [0.2, 0.25) is 0 Å². The molecular weight excluding hydrogens is 231 g/mol. The quantitative estimate of drug-likeness (QED) is 0.884. The standard InChI is InChI=1S/C14H17FN2O/c1-17(8-11-4-5-18-10-11)9-13-6-14(15)3-2-12(13)7-16/h2-6,10H,7-9,16H2,1H3. The highest BCUT2D eigenvalue weighted by Crippen LogP contribution is 2.14. The molecule has 2 rings (SSSR count). The van der Waals surface area contributed by atoms with Crippen LogP contribution in [-0.4, -0.2) is 11.9 Å². The first-order chi connectivity index (χ1) is 8.69. The first-order valence-corrected chi connectivity index (χ1v) is 5.86. The molecule has 2 aromatic rings. The molecule has 0 fully saturated rings. The molecule has 0 saturated heterocycles. The Labute approximate surface area is 106 Å². The molecule has 0 unspecified atom stereocenters. The predicted molar refractivity (Wildman–Crippen MR) is 68.2 cm³/mol. The van der Waals surface area contributed by atoms with E-state index >= 15 is 0 Å². The van der Waals surface area contributed by atoms with Crippen molar-refractivity contribution in [2.24, 2.45) is 5.73 Å². The average Bonchev–Trinajstić information content (AvgIpc) is 2.82. The lowest BCUT2D eigenvalue weighted by Crippen LogP contribution is -2.18. The second kappa shape index (κ2) is 5.80. The molecule has 0 amide bonds. The molecule has 0 bridgehead atoms. The summed E-state index contributed by atoms with van der Waals surface area (Å²) < 4.78 is 18.3. The van der Waals surface area contributed by atoms with Gasteiger partial charge in [-0.25, -0.2) is 4.39 Å². The molecule has 96 valence electrons. The van der Waals surface area contributed by atoms with Gasteiger partial charge in [-0.1, -0.05) is 6.07 Å². The first kappa shape index (κ1) is 12.8. The van der Waals surface area contributed by atoms with Crippen molar-refractivity contribution in [1.82, 2.24) is 4.90 Å². The molecule has 0 aliphatic rings. The fourth-order valence-electron chi connectivity index (χ4n) is 1.98. The van der Waals surface area contributed by atoms with E-state index in [1.54, 1.807) is 24.7 Å². The van der Waals surface area contributed by atoms with Crippen molar-refractivity contribution in [3.05, 3.63) is 59.3 Å². The third kappa shape index (κ3) is 3.18. The number of hydrogen-bond acceptors (Lipinski definition) is 3. The Balaban J connectivity index is 2.06. The zero-order valence-corrected chi connectivity index (χ0v) is 10.4. The molecule has 0 aliphatic carbocycles. The fourth-order valence-corrected chi connectivity index (χ4v) is 1.98. The number of rotatable bonds is 5. The Bertz CT molecular complexity index is 497. The lowest BCUT2D eigenvalue weighted by atomic mass is 10.1. The van der Waals surface area contributed by atoms with Gasteiger partial charge in [0.2, 0.25) is 0 Å². The predicted octanol–water partition coefficient (Wildman–Crippen LogP) is 2.51. The van der Waals surface area contributed by atoms with Gasteiger partial charge in [-0.2, -0.15) is 0 Å². The summed E-state index contributed by atoms with van der Waals surface area (Å²) in [5.74, 6) is -0.223. The van der Waals surface area contributed by atoms with Gasteiger partial charge in [0.15, 0.2) is 0 Å². The number of halogens is 1. The lowest BCUT2D eigenvalue weighted by Gasteiger charge is -2.17. The summed E-state index contributed by atoms with van der Waals surface area (Å²) in [7, 11) is 1.98. The van der Waals surface area contributed by atoms with Crippen molar-refractivity contribution in [3.63, 3.8) is 0 Å². The number of nitrogens with zero attached hydrogens (tertiary/aromatic N) is 1. The Morgan fingerprint density at radius 2 is 2.06 bits per heavy atom. The highest BCUT2D eigenvalue weighted by atomic mass is 19.1. The summed E-state index contributed by atoms with van der Waals surface area (Å²) in [5, 5.41) is 0. The van der Waals surface area contributed by atoms with Gasteiger partial charge in [0.25, 0.3) is 0 Å². The smallest absolute Gasteiger partial charge is 0.123 e. The van der Waals surface area contributed by atoms with Crippen LogP contribution in [0.5, 0.6) is 0 Å². The Hall–Kier alpha value is -1.65. The first-order valence-electron chi connectivity index (χ1n) is 5.86. The van der Waals surface area contributed by atoms with Crippen LogP contribution in [0.3, 0.4) is 0 Å². The summed E-state index contributed by atoms with van der Waals surface area (Å²) in [6.45, 7) is 1.85. The maximum Gasteiger partial charge on any atom is 0.123 e. The molecule has 0 saturated carbocycles. The molecule has 0 atom stereocenters. The zero-order chi connectivity index (χ0) is 13.0. The van der Waals surface area contributed by atoms with Gasteiger partial charge in [0.1, 0.15) is 5.82 Å². The van der Waals surface area contributed by atoms with E-state index in [1.807, 2.05) is 13.1 Å². The highest BCUT2D eigenvalue weighted by molar-refractivity contribution is 5.27. The van der Waals surface area contributed by atoms with Crippen molar-refractivity contribution in [3.8, 4) is 0 Å². The van der Waals surface area contributed by atoms with E-state index in [4.69, 9.17) is 10.2 Å². The van der Waals surface area contributed by atoms with Crippen molar-refractivity contribution < 1.29 is 8.81 Å². The Morgan fingerprint density at radius 1 is 1.22 bits per heavy atom. The van der Waals surface area contributed by atoms with Gasteiger partial charge in [-0.3, -0.25) is 4.90 Å². The van der Waals surface area contributed by atoms with E-state index in [0.29, 0.717) is 13.1 Å². The molecule has 3 nitrogen and oxygen atoms in total. The van der Waals surface area contributed by atoms with Gasteiger partial charge < -0.3 is 10.2 Å². The van der Waals surface area contributed by atoms with Gasteiger partial charge >= 0.3 is 0 Å². The number of benzene rings is 1. The monoisotopic (exact) mass is 248 g/mol. The molecule has 18 heavy (non-hydrogen) atoms. The van der Waals surface area contributed by atoms with Crippen LogP contribution >= 0.6 is 0 Å². The van der Waals surface area contributed by atoms with Crippen LogP contribution in [0.4, 0.5) is 4.39 Å². The maximum atomic E-state index is 13.2. The van der Waals surface area contributed by atoms with Crippen LogP contribution in [0.15, 0.2) is 41.2 Å². The average molecular weight is 248 g/mol. The topological polar surface area (TPSA) is 42.4 Å².